The number of anilines is 2. The summed E-state index contributed by atoms with van der Waals surface area (Å²) in [5.41, 5.74) is 9.03. The first-order valence-electron chi connectivity index (χ1n) is 6.65. The van der Waals surface area contributed by atoms with Gasteiger partial charge in [0.1, 0.15) is 0 Å². The van der Waals surface area contributed by atoms with Crippen molar-refractivity contribution >= 4 is 28.6 Å². The molecule has 20 heavy (non-hydrogen) atoms. The van der Waals surface area contributed by atoms with Gasteiger partial charge in [-0.3, -0.25) is 4.79 Å². The smallest absolute Gasteiger partial charge is 0.239 e. The molecule has 0 bridgehead atoms. The Morgan fingerprint density at radius 1 is 1.35 bits per heavy atom. The number of nitrogens with one attached hydrogen (secondary N) is 1. The second-order valence-corrected chi connectivity index (χ2v) is 5.91. The van der Waals surface area contributed by atoms with Crippen LogP contribution >= 0.6 is 11.3 Å². The van der Waals surface area contributed by atoms with Crippen molar-refractivity contribution in [1.82, 2.24) is 5.32 Å². The Morgan fingerprint density at radius 2 is 2.25 bits per heavy atom. The Hall–Kier alpha value is -2.01. The van der Waals surface area contributed by atoms with Crippen molar-refractivity contribution in [2.45, 2.75) is 13.0 Å². The van der Waals surface area contributed by atoms with Gasteiger partial charge in [-0.25, -0.2) is 0 Å². The minimum absolute atomic E-state index is 0.0366. The van der Waals surface area contributed by atoms with Crippen molar-refractivity contribution in [3.05, 3.63) is 46.2 Å². The highest BCUT2D eigenvalue weighted by molar-refractivity contribution is 7.09. The van der Waals surface area contributed by atoms with Crippen LogP contribution in [0.15, 0.2) is 35.7 Å². The van der Waals surface area contributed by atoms with E-state index >= 15 is 0 Å². The maximum Gasteiger partial charge on any atom is 0.239 e. The molecule has 1 aliphatic heterocycles. The topological polar surface area (TPSA) is 58.4 Å². The van der Waals surface area contributed by atoms with Crippen molar-refractivity contribution in [2.75, 3.05) is 23.7 Å². The molecule has 0 saturated heterocycles. The molecule has 5 heteroatoms. The number of hydrogen-bond acceptors (Lipinski definition) is 4. The monoisotopic (exact) mass is 287 g/mol. The molecular weight excluding hydrogens is 270 g/mol. The molecule has 104 valence electrons. The van der Waals surface area contributed by atoms with Crippen molar-refractivity contribution in [1.29, 1.82) is 0 Å². The van der Waals surface area contributed by atoms with Crippen LogP contribution in [-0.4, -0.2) is 19.0 Å². The normalized spacial score (nSPS) is 13.3. The van der Waals surface area contributed by atoms with Crippen molar-refractivity contribution in [3.63, 3.8) is 0 Å². The number of nitrogens with zero attached hydrogens (tertiary/aromatic N) is 1. The minimum atomic E-state index is 0.0366. The zero-order valence-corrected chi connectivity index (χ0v) is 12.0. The van der Waals surface area contributed by atoms with Gasteiger partial charge in [0.2, 0.25) is 5.91 Å². The van der Waals surface area contributed by atoms with E-state index in [1.807, 2.05) is 29.6 Å². The molecule has 1 aromatic heterocycles. The molecule has 0 atom stereocenters. The number of amides is 1. The van der Waals surface area contributed by atoms with Crippen LogP contribution in [0.4, 0.5) is 11.4 Å². The second kappa shape index (κ2) is 5.54. The largest absolute Gasteiger partial charge is 0.397 e. The van der Waals surface area contributed by atoms with Crippen LogP contribution in [0.2, 0.25) is 0 Å². The van der Waals surface area contributed by atoms with Gasteiger partial charge < -0.3 is 16.0 Å². The van der Waals surface area contributed by atoms with E-state index in [0.29, 0.717) is 13.1 Å². The number of benzene rings is 1. The van der Waals surface area contributed by atoms with E-state index in [-0.39, 0.29) is 5.91 Å². The van der Waals surface area contributed by atoms with Gasteiger partial charge in [0.05, 0.1) is 24.5 Å². The number of nitrogens with two attached hydrogens (primary N) is 1. The molecule has 0 aliphatic carbocycles. The van der Waals surface area contributed by atoms with Gasteiger partial charge in [-0.1, -0.05) is 18.2 Å². The zero-order chi connectivity index (χ0) is 13.9. The number of thiophene rings is 1. The fourth-order valence-electron chi connectivity index (χ4n) is 2.55. The molecule has 0 radical (unpaired) electrons. The summed E-state index contributed by atoms with van der Waals surface area (Å²) in [6.45, 7) is 1.82. The standard InChI is InChI=1S/C15H17N3OS/c16-13-5-1-3-11-6-7-18(15(11)13)10-14(19)17-9-12-4-2-8-20-12/h1-5,8H,6-7,9-10,16H2,(H,17,19). The van der Waals surface area contributed by atoms with Crippen LogP contribution in [0, 0.1) is 0 Å². The molecule has 0 spiro atoms. The molecule has 0 unspecified atom stereocenters. The van der Waals surface area contributed by atoms with E-state index in [9.17, 15) is 4.79 Å². The third kappa shape index (κ3) is 2.63. The Labute approximate surface area is 122 Å². The Balaban J connectivity index is 1.61. The van der Waals surface area contributed by atoms with Gasteiger partial charge >= 0.3 is 0 Å². The summed E-state index contributed by atoms with van der Waals surface area (Å²) < 4.78 is 0. The Morgan fingerprint density at radius 3 is 3.05 bits per heavy atom. The molecule has 2 aromatic rings. The first kappa shape index (κ1) is 13.0. The molecule has 1 aromatic carbocycles. The lowest BCUT2D eigenvalue weighted by atomic mass is 10.1. The highest BCUT2D eigenvalue weighted by Gasteiger charge is 2.22. The van der Waals surface area contributed by atoms with Crippen LogP contribution in [0.3, 0.4) is 0 Å². The maximum atomic E-state index is 12.0. The van der Waals surface area contributed by atoms with E-state index < -0.39 is 0 Å². The van der Waals surface area contributed by atoms with Crippen molar-refractivity contribution < 1.29 is 4.79 Å². The fraction of sp³-hybridized carbons (Fsp3) is 0.267. The van der Waals surface area contributed by atoms with Crippen LogP contribution in [0.25, 0.3) is 0 Å². The highest BCUT2D eigenvalue weighted by Crippen LogP contribution is 2.33. The molecule has 0 saturated carbocycles. The van der Waals surface area contributed by atoms with E-state index in [1.54, 1.807) is 11.3 Å². The number of para-hydroxylation sites is 1. The van der Waals surface area contributed by atoms with Gasteiger partial charge in [0.25, 0.3) is 0 Å². The Bertz CT molecular complexity index is 610. The van der Waals surface area contributed by atoms with E-state index in [2.05, 4.69) is 16.3 Å². The van der Waals surface area contributed by atoms with Crippen LogP contribution in [-0.2, 0) is 17.8 Å². The summed E-state index contributed by atoms with van der Waals surface area (Å²) in [7, 11) is 0. The SMILES string of the molecule is Nc1cccc2c1N(CC(=O)NCc1cccs1)CC2. The predicted octanol–water partition coefficient (Wildman–Crippen LogP) is 2.01. The maximum absolute atomic E-state index is 12.0. The molecule has 0 fully saturated rings. The second-order valence-electron chi connectivity index (χ2n) is 4.88. The van der Waals surface area contributed by atoms with Crippen LogP contribution in [0.1, 0.15) is 10.4 Å². The molecule has 2 heterocycles. The van der Waals surface area contributed by atoms with E-state index in [1.165, 1.54) is 10.4 Å². The first-order valence-corrected chi connectivity index (χ1v) is 7.53. The third-order valence-electron chi connectivity index (χ3n) is 3.49. The van der Waals surface area contributed by atoms with Gasteiger partial charge in [0.15, 0.2) is 0 Å². The fourth-order valence-corrected chi connectivity index (χ4v) is 3.20. The van der Waals surface area contributed by atoms with Crippen molar-refractivity contribution in [2.24, 2.45) is 0 Å². The lowest BCUT2D eigenvalue weighted by molar-refractivity contribution is -0.119. The molecule has 3 N–H and O–H groups in total. The van der Waals surface area contributed by atoms with Gasteiger partial charge in [-0.05, 0) is 29.5 Å². The zero-order valence-electron chi connectivity index (χ0n) is 11.1. The Kier molecular flexibility index (Phi) is 3.60. The number of nitrogen functional groups attached to an aromatic ring is 1. The lowest BCUT2D eigenvalue weighted by Gasteiger charge is -2.20. The molecule has 3 rings (SSSR count). The summed E-state index contributed by atoms with van der Waals surface area (Å²) in [5, 5.41) is 4.96. The summed E-state index contributed by atoms with van der Waals surface area (Å²) in [5.74, 6) is 0.0366. The number of carbonyl (C=O) groups excluding carboxylic acids is 1. The molecule has 4 nitrogen and oxygen atoms in total. The van der Waals surface area contributed by atoms with Crippen molar-refractivity contribution in [3.8, 4) is 0 Å². The lowest BCUT2D eigenvalue weighted by Crippen LogP contribution is -2.36. The quantitative estimate of drug-likeness (QED) is 0.846. The van der Waals surface area contributed by atoms with E-state index in [4.69, 9.17) is 5.73 Å². The number of rotatable bonds is 4. The molecular formula is C15H17N3OS. The van der Waals surface area contributed by atoms with Gasteiger partial charge in [-0.2, -0.15) is 0 Å². The highest BCUT2D eigenvalue weighted by atomic mass is 32.1. The summed E-state index contributed by atoms with van der Waals surface area (Å²) in [4.78, 5) is 15.3. The third-order valence-corrected chi connectivity index (χ3v) is 4.37. The van der Waals surface area contributed by atoms with Gasteiger partial charge in [-0.15, -0.1) is 11.3 Å². The first-order chi connectivity index (χ1) is 9.74. The van der Waals surface area contributed by atoms with Crippen LogP contribution < -0.4 is 16.0 Å². The molecule has 1 aliphatic rings. The predicted molar refractivity (Wildman–Crippen MR) is 82.9 cm³/mol. The van der Waals surface area contributed by atoms with Crippen LogP contribution in [0.5, 0.6) is 0 Å². The minimum Gasteiger partial charge on any atom is -0.397 e. The summed E-state index contributed by atoms with van der Waals surface area (Å²) in [6, 6.07) is 9.95. The number of fused-ring (bicyclic) bond motifs is 1. The summed E-state index contributed by atoms with van der Waals surface area (Å²) in [6.07, 6.45) is 0.957. The number of carbonyl (C=O) groups is 1. The average Bonchev–Trinajstić information content (AvgIpc) is 3.07. The molecule has 1 amide bonds. The van der Waals surface area contributed by atoms with E-state index in [0.717, 1.165) is 24.3 Å². The summed E-state index contributed by atoms with van der Waals surface area (Å²) >= 11 is 1.65. The number of hydrogen-bond donors (Lipinski definition) is 2. The average molecular weight is 287 g/mol. The van der Waals surface area contributed by atoms with Gasteiger partial charge in [0, 0.05) is 11.4 Å².